The van der Waals surface area contributed by atoms with Crippen molar-refractivity contribution in [2.24, 2.45) is 0 Å². The third-order valence-corrected chi connectivity index (χ3v) is 3.29. The second-order valence-electron chi connectivity index (χ2n) is 3.01. The van der Waals surface area contributed by atoms with Crippen LogP contribution in [0.4, 0.5) is 0 Å². The summed E-state index contributed by atoms with van der Waals surface area (Å²) in [6.07, 6.45) is 0. The van der Waals surface area contributed by atoms with Gasteiger partial charge in [0.05, 0.1) is 4.75 Å². The molecule has 0 aromatic carbocycles. The molecule has 0 unspecified atom stereocenters. The third-order valence-electron chi connectivity index (χ3n) is 1.10. The highest BCUT2D eigenvalue weighted by atomic mass is 32.2. The van der Waals surface area contributed by atoms with Crippen molar-refractivity contribution in [1.82, 2.24) is 4.72 Å². The van der Waals surface area contributed by atoms with Gasteiger partial charge in [0.15, 0.2) is 0 Å². The molecule has 0 spiro atoms. The van der Waals surface area contributed by atoms with Gasteiger partial charge in [-0.2, -0.15) is 0 Å². The lowest BCUT2D eigenvalue weighted by molar-refractivity contribution is 0.549. The standard InChI is InChI=1S/C6H14NO2S/c1-5-7-10(8,9)6(2,3)4/h7H,1,5H2,2-4H3. The highest BCUT2D eigenvalue weighted by Crippen LogP contribution is 2.12. The molecular formula is C6H14NO2S. The molecule has 3 nitrogen and oxygen atoms in total. The first-order valence-electron chi connectivity index (χ1n) is 3.10. The van der Waals surface area contributed by atoms with Crippen molar-refractivity contribution < 1.29 is 8.42 Å². The van der Waals surface area contributed by atoms with E-state index in [0.717, 1.165) is 0 Å². The van der Waals surface area contributed by atoms with Crippen LogP contribution in [0.25, 0.3) is 0 Å². The smallest absolute Gasteiger partial charge is 0.215 e. The summed E-state index contributed by atoms with van der Waals surface area (Å²) >= 11 is 0. The average Bonchev–Trinajstić information content (AvgIpc) is 1.61. The number of sulfonamides is 1. The van der Waals surface area contributed by atoms with Crippen LogP contribution >= 0.6 is 0 Å². The summed E-state index contributed by atoms with van der Waals surface area (Å²) in [5.74, 6) is 0. The van der Waals surface area contributed by atoms with E-state index in [2.05, 4.69) is 11.6 Å². The van der Waals surface area contributed by atoms with E-state index in [1.165, 1.54) is 0 Å². The van der Waals surface area contributed by atoms with Crippen molar-refractivity contribution in [3.8, 4) is 0 Å². The summed E-state index contributed by atoms with van der Waals surface area (Å²) in [5.41, 5.74) is 0. The molecule has 10 heavy (non-hydrogen) atoms. The monoisotopic (exact) mass is 164 g/mol. The molecule has 1 radical (unpaired) electrons. The molecule has 0 aliphatic carbocycles. The fourth-order valence-corrected chi connectivity index (χ4v) is 1.05. The lowest BCUT2D eigenvalue weighted by Crippen LogP contribution is -2.39. The summed E-state index contributed by atoms with van der Waals surface area (Å²) in [4.78, 5) is 0. The first kappa shape index (κ1) is 9.91. The molecule has 0 fully saturated rings. The topological polar surface area (TPSA) is 46.2 Å². The van der Waals surface area contributed by atoms with Crippen molar-refractivity contribution in [3.63, 3.8) is 0 Å². The molecule has 0 aromatic heterocycles. The lowest BCUT2D eigenvalue weighted by atomic mass is 10.3. The fourth-order valence-electron chi connectivity index (χ4n) is 0.351. The number of rotatable bonds is 2. The maximum atomic E-state index is 11.1. The summed E-state index contributed by atoms with van der Waals surface area (Å²) < 4.78 is 23.8. The Morgan fingerprint density at radius 2 is 1.80 bits per heavy atom. The predicted octanol–water partition coefficient (Wildman–Crippen LogP) is 0.538. The quantitative estimate of drug-likeness (QED) is 0.647. The van der Waals surface area contributed by atoms with Crippen LogP contribution in [-0.4, -0.2) is 19.7 Å². The molecule has 0 atom stereocenters. The zero-order valence-electron chi connectivity index (χ0n) is 6.64. The molecule has 0 aliphatic heterocycles. The number of nitrogens with one attached hydrogen (secondary N) is 1. The Kier molecular flexibility index (Phi) is 2.86. The van der Waals surface area contributed by atoms with Gasteiger partial charge in [-0.15, -0.1) is 0 Å². The van der Waals surface area contributed by atoms with E-state index in [-0.39, 0.29) is 6.54 Å². The molecule has 0 saturated carbocycles. The zero-order valence-corrected chi connectivity index (χ0v) is 7.46. The van der Waals surface area contributed by atoms with E-state index in [4.69, 9.17) is 0 Å². The summed E-state index contributed by atoms with van der Waals surface area (Å²) in [6.45, 7) is 8.53. The van der Waals surface area contributed by atoms with Gasteiger partial charge in [0, 0.05) is 6.54 Å². The molecule has 0 aromatic rings. The van der Waals surface area contributed by atoms with Crippen molar-refractivity contribution in [3.05, 3.63) is 6.92 Å². The Hall–Kier alpha value is -0.0900. The van der Waals surface area contributed by atoms with E-state index >= 15 is 0 Å². The van der Waals surface area contributed by atoms with Crippen LogP contribution in [0.15, 0.2) is 0 Å². The molecule has 0 saturated heterocycles. The van der Waals surface area contributed by atoms with Crippen LogP contribution in [0.1, 0.15) is 20.8 Å². The second-order valence-corrected chi connectivity index (χ2v) is 5.53. The molecule has 0 aliphatic rings. The minimum atomic E-state index is -3.16. The largest absolute Gasteiger partial charge is 0.216 e. The Labute approximate surface area is 62.9 Å². The maximum Gasteiger partial charge on any atom is 0.216 e. The van der Waals surface area contributed by atoms with Crippen LogP contribution in [0, 0.1) is 6.92 Å². The second kappa shape index (κ2) is 2.88. The van der Waals surface area contributed by atoms with Gasteiger partial charge in [0.2, 0.25) is 10.0 Å². The van der Waals surface area contributed by atoms with Crippen LogP contribution in [-0.2, 0) is 10.0 Å². The Morgan fingerprint density at radius 3 is 1.90 bits per heavy atom. The normalized spacial score (nSPS) is 13.6. The first-order chi connectivity index (χ1) is 4.31. The molecular weight excluding hydrogens is 150 g/mol. The predicted molar refractivity (Wildman–Crippen MR) is 42.0 cm³/mol. The van der Waals surface area contributed by atoms with Crippen LogP contribution < -0.4 is 4.72 Å². The lowest BCUT2D eigenvalue weighted by Gasteiger charge is -2.18. The molecule has 0 amide bonds. The van der Waals surface area contributed by atoms with Crippen molar-refractivity contribution >= 4 is 10.0 Å². The van der Waals surface area contributed by atoms with E-state index in [9.17, 15) is 8.42 Å². The van der Waals surface area contributed by atoms with Crippen molar-refractivity contribution in [1.29, 1.82) is 0 Å². The molecule has 61 valence electrons. The minimum Gasteiger partial charge on any atom is -0.215 e. The van der Waals surface area contributed by atoms with Gasteiger partial charge in [-0.3, -0.25) is 0 Å². The molecule has 0 rings (SSSR count). The molecule has 4 heteroatoms. The van der Waals surface area contributed by atoms with Crippen LogP contribution in [0.5, 0.6) is 0 Å². The summed E-state index contributed by atoms with van der Waals surface area (Å²) in [7, 11) is -3.16. The Morgan fingerprint density at radius 1 is 1.40 bits per heavy atom. The Bertz CT molecular complexity index is 188. The molecule has 1 N–H and O–H groups in total. The maximum absolute atomic E-state index is 11.1. The van der Waals surface area contributed by atoms with Gasteiger partial charge in [-0.05, 0) is 27.7 Å². The van der Waals surface area contributed by atoms with Crippen molar-refractivity contribution in [2.45, 2.75) is 25.5 Å². The van der Waals surface area contributed by atoms with Gasteiger partial charge >= 0.3 is 0 Å². The van der Waals surface area contributed by atoms with Gasteiger partial charge in [0.25, 0.3) is 0 Å². The van der Waals surface area contributed by atoms with Gasteiger partial charge < -0.3 is 0 Å². The number of hydrogen-bond donors (Lipinski definition) is 1. The first-order valence-corrected chi connectivity index (χ1v) is 4.58. The average molecular weight is 164 g/mol. The minimum absolute atomic E-state index is 0.208. The molecule has 0 heterocycles. The summed E-state index contributed by atoms with van der Waals surface area (Å²) in [5, 5.41) is 0. The molecule has 0 bridgehead atoms. The van der Waals surface area contributed by atoms with E-state index < -0.39 is 14.8 Å². The van der Waals surface area contributed by atoms with Gasteiger partial charge in [-0.25, -0.2) is 13.1 Å². The van der Waals surface area contributed by atoms with Crippen LogP contribution in [0.3, 0.4) is 0 Å². The van der Waals surface area contributed by atoms with Gasteiger partial charge in [-0.1, -0.05) is 0 Å². The fraction of sp³-hybridized carbons (Fsp3) is 0.833. The van der Waals surface area contributed by atoms with E-state index in [0.29, 0.717) is 0 Å². The highest BCUT2D eigenvalue weighted by Gasteiger charge is 2.27. The Balaban J connectivity index is 4.44. The van der Waals surface area contributed by atoms with E-state index in [1.807, 2.05) is 0 Å². The van der Waals surface area contributed by atoms with Crippen molar-refractivity contribution in [2.75, 3.05) is 6.54 Å². The zero-order chi connectivity index (χ0) is 8.41. The van der Waals surface area contributed by atoms with E-state index in [1.54, 1.807) is 20.8 Å². The van der Waals surface area contributed by atoms with Crippen LogP contribution in [0.2, 0.25) is 0 Å². The SMILES string of the molecule is [CH2]CNS(=O)(=O)C(C)(C)C. The van der Waals surface area contributed by atoms with Gasteiger partial charge in [0.1, 0.15) is 0 Å². The third kappa shape index (κ3) is 2.27. The summed E-state index contributed by atoms with van der Waals surface area (Å²) in [6, 6.07) is 0. The highest BCUT2D eigenvalue weighted by molar-refractivity contribution is 7.90. The number of hydrogen-bond acceptors (Lipinski definition) is 2.